The van der Waals surface area contributed by atoms with Crippen LogP contribution in [0.3, 0.4) is 0 Å². The van der Waals surface area contributed by atoms with Gasteiger partial charge in [-0.2, -0.15) is 0 Å². The number of anilines is 1. The van der Waals surface area contributed by atoms with Crippen molar-refractivity contribution >= 4 is 11.6 Å². The average Bonchev–Trinajstić information content (AvgIpc) is 3.11. The maximum absolute atomic E-state index is 12.4. The number of nitrogens with zero attached hydrogens (tertiary/aromatic N) is 1. The lowest BCUT2D eigenvalue weighted by atomic mass is 9.98. The molecule has 4 nitrogen and oxygen atoms in total. The van der Waals surface area contributed by atoms with Crippen molar-refractivity contribution in [2.24, 2.45) is 5.92 Å². The Morgan fingerprint density at radius 1 is 1.41 bits per heavy atom. The van der Waals surface area contributed by atoms with E-state index >= 15 is 0 Å². The van der Waals surface area contributed by atoms with E-state index in [1.54, 1.807) is 0 Å². The highest BCUT2D eigenvalue weighted by Gasteiger charge is 2.33. The minimum Gasteiger partial charge on any atom is -0.387 e. The number of rotatable bonds is 3. The molecule has 0 aliphatic carbocycles. The first kappa shape index (κ1) is 15.5. The normalized spacial score (nSPS) is 25.6. The van der Waals surface area contributed by atoms with E-state index in [0.717, 1.165) is 37.1 Å². The summed E-state index contributed by atoms with van der Waals surface area (Å²) in [6, 6.07) is 6.42. The number of hydrogen-bond donors (Lipinski definition) is 2. The predicted molar refractivity (Wildman–Crippen MR) is 87.9 cm³/mol. The first-order chi connectivity index (χ1) is 10.5. The minimum atomic E-state index is -0.460. The van der Waals surface area contributed by atoms with Crippen molar-refractivity contribution in [1.29, 1.82) is 0 Å². The van der Waals surface area contributed by atoms with E-state index in [9.17, 15) is 9.90 Å². The molecule has 1 aromatic carbocycles. The summed E-state index contributed by atoms with van der Waals surface area (Å²) in [6.07, 6.45) is 2.55. The van der Waals surface area contributed by atoms with Crippen LogP contribution in [0.2, 0.25) is 0 Å². The first-order valence-electron chi connectivity index (χ1n) is 8.36. The molecule has 1 aromatic rings. The van der Waals surface area contributed by atoms with Gasteiger partial charge in [-0.15, -0.1) is 0 Å². The zero-order chi connectivity index (χ0) is 15.9. The molecule has 3 atom stereocenters. The molecule has 3 rings (SSSR count). The van der Waals surface area contributed by atoms with Gasteiger partial charge in [0.2, 0.25) is 5.91 Å². The molecule has 2 aliphatic rings. The molecular formula is C18H26N2O2. The Hall–Kier alpha value is -1.39. The van der Waals surface area contributed by atoms with Crippen LogP contribution in [-0.2, 0) is 11.2 Å². The van der Waals surface area contributed by atoms with E-state index in [-0.39, 0.29) is 23.9 Å². The first-order valence-corrected chi connectivity index (χ1v) is 8.36. The molecule has 1 saturated heterocycles. The lowest BCUT2D eigenvalue weighted by Crippen LogP contribution is -2.38. The Labute approximate surface area is 132 Å². The third kappa shape index (κ3) is 2.66. The van der Waals surface area contributed by atoms with E-state index < -0.39 is 6.10 Å². The van der Waals surface area contributed by atoms with Gasteiger partial charge >= 0.3 is 0 Å². The topological polar surface area (TPSA) is 52.6 Å². The van der Waals surface area contributed by atoms with Gasteiger partial charge in [0.25, 0.3) is 0 Å². The molecule has 3 unspecified atom stereocenters. The molecule has 4 heteroatoms. The van der Waals surface area contributed by atoms with Crippen LogP contribution in [0.15, 0.2) is 18.2 Å². The Kier molecular flexibility index (Phi) is 4.24. The fourth-order valence-electron chi connectivity index (χ4n) is 3.66. The number of aliphatic hydroxyl groups excluding tert-OH is 1. The molecule has 0 bridgehead atoms. The van der Waals surface area contributed by atoms with Crippen LogP contribution >= 0.6 is 0 Å². The van der Waals surface area contributed by atoms with Crippen molar-refractivity contribution in [3.05, 3.63) is 29.3 Å². The number of fused-ring (bicyclic) bond motifs is 1. The lowest BCUT2D eigenvalue weighted by Gasteiger charge is -2.25. The van der Waals surface area contributed by atoms with Gasteiger partial charge in [0.05, 0.1) is 6.10 Å². The summed E-state index contributed by atoms with van der Waals surface area (Å²) >= 11 is 0. The number of amides is 1. The van der Waals surface area contributed by atoms with Crippen LogP contribution in [-0.4, -0.2) is 29.6 Å². The summed E-state index contributed by atoms with van der Waals surface area (Å²) in [7, 11) is 0. The Morgan fingerprint density at radius 2 is 2.18 bits per heavy atom. The molecule has 22 heavy (non-hydrogen) atoms. The van der Waals surface area contributed by atoms with E-state index in [1.807, 2.05) is 30.9 Å². The molecule has 2 N–H and O–H groups in total. The van der Waals surface area contributed by atoms with Gasteiger partial charge in [0, 0.05) is 23.7 Å². The molecule has 1 amide bonds. The van der Waals surface area contributed by atoms with Crippen LogP contribution < -0.4 is 10.2 Å². The molecule has 0 spiro atoms. The van der Waals surface area contributed by atoms with Crippen molar-refractivity contribution < 1.29 is 9.90 Å². The predicted octanol–water partition coefficient (Wildman–Crippen LogP) is 2.41. The number of benzene rings is 1. The molecule has 2 heterocycles. The average molecular weight is 302 g/mol. The monoisotopic (exact) mass is 302 g/mol. The second-order valence-electron chi connectivity index (χ2n) is 6.95. The van der Waals surface area contributed by atoms with Crippen LogP contribution in [0.25, 0.3) is 0 Å². The highest BCUT2D eigenvalue weighted by Crippen LogP contribution is 2.36. The standard InChI is InChI=1S/C18H26N2O2/c1-11(2)18(22)20-12(3)9-14-10-13(6-7-16(14)20)17(21)15-5-4-8-19-15/h6-7,10-12,15,17,19,21H,4-5,8-9H2,1-3H3. The zero-order valence-corrected chi connectivity index (χ0v) is 13.7. The molecule has 120 valence electrons. The van der Waals surface area contributed by atoms with E-state index in [2.05, 4.69) is 18.3 Å². The van der Waals surface area contributed by atoms with Crippen LogP contribution in [0.1, 0.15) is 50.8 Å². The summed E-state index contributed by atoms with van der Waals surface area (Å²) in [4.78, 5) is 14.3. The Morgan fingerprint density at radius 3 is 2.82 bits per heavy atom. The number of aliphatic hydroxyl groups is 1. The summed E-state index contributed by atoms with van der Waals surface area (Å²) in [5, 5.41) is 13.9. The van der Waals surface area contributed by atoms with Gasteiger partial charge in [-0.1, -0.05) is 26.0 Å². The Bertz CT molecular complexity index is 564. The van der Waals surface area contributed by atoms with Crippen LogP contribution in [0, 0.1) is 5.92 Å². The fraction of sp³-hybridized carbons (Fsp3) is 0.611. The Balaban J connectivity index is 1.86. The molecule has 2 aliphatic heterocycles. The minimum absolute atomic E-state index is 0.00126. The van der Waals surface area contributed by atoms with Crippen molar-refractivity contribution in [1.82, 2.24) is 5.32 Å². The van der Waals surface area contributed by atoms with Crippen molar-refractivity contribution in [3.63, 3.8) is 0 Å². The summed E-state index contributed by atoms with van der Waals surface area (Å²) in [6.45, 7) is 6.96. The number of nitrogens with one attached hydrogen (secondary N) is 1. The van der Waals surface area contributed by atoms with Gasteiger partial charge in [0.1, 0.15) is 0 Å². The van der Waals surface area contributed by atoms with Gasteiger partial charge in [0.15, 0.2) is 0 Å². The molecule has 1 fully saturated rings. The maximum atomic E-state index is 12.4. The van der Waals surface area contributed by atoms with Gasteiger partial charge in [-0.3, -0.25) is 4.79 Å². The fourth-order valence-corrected chi connectivity index (χ4v) is 3.66. The highest BCUT2D eigenvalue weighted by molar-refractivity contribution is 5.97. The molecule has 0 saturated carbocycles. The third-order valence-electron chi connectivity index (χ3n) is 4.87. The third-order valence-corrected chi connectivity index (χ3v) is 4.87. The van der Waals surface area contributed by atoms with Crippen molar-refractivity contribution in [2.45, 2.75) is 58.2 Å². The summed E-state index contributed by atoms with van der Waals surface area (Å²) in [5.41, 5.74) is 3.15. The van der Waals surface area contributed by atoms with Crippen molar-refractivity contribution in [2.75, 3.05) is 11.4 Å². The highest BCUT2D eigenvalue weighted by atomic mass is 16.3. The van der Waals surface area contributed by atoms with Crippen LogP contribution in [0.5, 0.6) is 0 Å². The van der Waals surface area contributed by atoms with E-state index in [0.29, 0.717) is 0 Å². The second kappa shape index (κ2) is 6.01. The maximum Gasteiger partial charge on any atom is 0.229 e. The van der Waals surface area contributed by atoms with Gasteiger partial charge in [-0.05, 0) is 49.9 Å². The lowest BCUT2D eigenvalue weighted by molar-refractivity contribution is -0.121. The van der Waals surface area contributed by atoms with E-state index in [4.69, 9.17) is 0 Å². The molecular weight excluding hydrogens is 276 g/mol. The number of carbonyl (C=O) groups excluding carboxylic acids is 1. The smallest absolute Gasteiger partial charge is 0.229 e. The van der Waals surface area contributed by atoms with E-state index in [1.165, 1.54) is 5.56 Å². The number of carbonyl (C=O) groups is 1. The zero-order valence-electron chi connectivity index (χ0n) is 13.7. The molecule has 0 radical (unpaired) electrons. The SMILES string of the molecule is CC(C)C(=O)N1c2ccc(C(O)C3CCCN3)cc2CC1C. The number of hydrogen-bond acceptors (Lipinski definition) is 3. The van der Waals surface area contributed by atoms with Gasteiger partial charge < -0.3 is 15.3 Å². The second-order valence-corrected chi connectivity index (χ2v) is 6.95. The van der Waals surface area contributed by atoms with Gasteiger partial charge in [-0.25, -0.2) is 0 Å². The summed E-state index contributed by atoms with van der Waals surface area (Å²) < 4.78 is 0. The van der Waals surface area contributed by atoms with Crippen molar-refractivity contribution in [3.8, 4) is 0 Å². The largest absolute Gasteiger partial charge is 0.387 e. The van der Waals surface area contributed by atoms with Crippen LogP contribution in [0.4, 0.5) is 5.69 Å². The molecule has 0 aromatic heterocycles. The quantitative estimate of drug-likeness (QED) is 0.901. The summed E-state index contributed by atoms with van der Waals surface area (Å²) in [5.74, 6) is 0.179.